The molecule has 4 nitrogen and oxygen atoms in total. The van der Waals surface area contributed by atoms with Gasteiger partial charge in [0.1, 0.15) is 0 Å². The largest absolute Gasteiger partial charge is 0.322 e. The summed E-state index contributed by atoms with van der Waals surface area (Å²) < 4.78 is 1.91. The van der Waals surface area contributed by atoms with Crippen LogP contribution >= 0.6 is 11.3 Å². The Labute approximate surface area is 92.8 Å². The Morgan fingerprint density at radius 3 is 3.07 bits per heavy atom. The van der Waals surface area contributed by atoms with Gasteiger partial charge in [0, 0.05) is 18.1 Å². The lowest BCUT2D eigenvalue weighted by Gasteiger charge is -2.05. The monoisotopic (exact) mass is 222 g/mol. The molecule has 2 heterocycles. The number of nitrogens with zero attached hydrogens (tertiary/aromatic N) is 3. The Morgan fingerprint density at radius 2 is 2.47 bits per heavy atom. The Bertz CT molecular complexity index is 407. The van der Waals surface area contributed by atoms with E-state index in [0.29, 0.717) is 0 Å². The van der Waals surface area contributed by atoms with Gasteiger partial charge in [0.05, 0.1) is 23.4 Å². The number of hydrogen-bond donors (Lipinski definition) is 1. The Balaban J connectivity index is 2.02. The van der Waals surface area contributed by atoms with Crippen LogP contribution in [0.15, 0.2) is 23.3 Å². The molecule has 0 saturated carbocycles. The van der Waals surface area contributed by atoms with Crippen LogP contribution in [0.2, 0.25) is 0 Å². The summed E-state index contributed by atoms with van der Waals surface area (Å²) in [5, 5.41) is 6.21. The summed E-state index contributed by atoms with van der Waals surface area (Å²) in [6, 6.07) is -0.0224. The second-order valence-electron chi connectivity index (χ2n) is 3.43. The summed E-state index contributed by atoms with van der Waals surface area (Å²) in [5.41, 5.74) is 9.97. The molecule has 0 radical (unpaired) electrons. The van der Waals surface area contributed by atoms with Crippen molar-refractivity contribution in [3.05, 3.63) is 34.5 Å². The fourth-order valence-corrected chi connectivity index (χ4v) is 2.07. The van der Waals surface area contributed by atoms with Gasteiger partial charge in [0.2, 0.25) is 0 Å². The van der Waals surface area contributed by atoms with E-state index >= 15 is 0 Å². The van der Waals surface area contributed by atoms with Gasteiger partial charge < -0.3 is 5.73 Å². The minimum atomic E-state index is -0.0224. The van der Waals surface area contributed by atoms with Gasteiger partial charge in [-0.05, 0) is 18.9 Å². The van der Waals surface area contributed by atoms with Crippen molar-refractivity contribution in [1.29, 1.82) is 0 Å². The van der Waals surface area contributed by atoms with E-state index < -0.39 is 0 Å². The number of nitrogens with two attached hydrogens (primary N) is 1. The molecule has 0 aliphatic heterocycles. The van der Waals surface area contributed by atoms with E-state index in [2.05, 4.69) is 17.0 Å². The minimum absolute atomic E-state index is 0.0224. The lowest BCUT2D eigenvalue weighted by Crippen LogP contribution is -2.13. The van der Waals surface area contributed by atoms with Gasteiger partial charge in [-0.1, -0.05) is 0 Å². The molecule has 0 aromatic carbocycles. The van der Waals surface area contributed by atoms with Crippen LogP contribution in [0.25, 0.3) is 0 Å². The van der Waals surface area contributed by atoms with Gasteiger partial charge in [-0.2, -0.15) is 5.10 Å². The van der Waals surface area contributed by atoms with E-state index in [0.717, 1.165) is 24.2 Å². The Morgan fingerprint density at radius 1 is 1.60 bits per heavy atom. The third kappa shape index (κ3) is 2.43. The lowest BCUT2D eigenvalue weighted by molar-refractivity contribution is 0.656. The predicted octanol–water partition coefficient (Wildman–Crippen LogP) is 1.60. The summed E-state index contributed by atoms with van der Waals surface area (Å²) >= 11 is 1.58. The zero-order valence-corrected chi connectivity index (χ0v) is 9.44. The maximum absolute atomic E-state index is 6.03. The third-order valence-electron chi connectivity index (χ3n) is 2.30. The van der Waals surface area contributed by atoms with Crippen molar-refractivity contribution >= 4 is 11.3 Å². The average molecular weight is 222 g/mol. The SMILES string of the molecule is CCn1cc(CC(N)c2cscn2)cn1. The van der Waals surface area contributed by atoms with Crippen molar-refractivity contribution in [2.45, 2.75) is 25.9 Å². The zero-order chi connectivity index (χ0) is 10.7. The van der Waals surface area contributed by atoms with Gasteiger partial charge in [0.15, 0.2) is 0 Å². The van der Waals surface area contributed by atoms with Gasteiger partial charge in [-0.3, -0.25) is 4.68 Å². The summed E-state index contributed by atoms with van der Waals surface area (Å²) in [7, 11) is 0. The van der Waals surface area contributed by atoms with Crippen molar-refractivity contribution in [1.82, 2.24) is 14.8 Å². The van der Waals surface area contributed by atoms with Crippen molar-refractivity contribution in [3.63, 3.8) is 0 Å². The molecule has 2 aromatic rings. The van der Waals surface area contributed by atoms with Crippen molar-refractivity contribution in [2.75, 3.05) is 0 Å². The van der Waals surface area contributed by atoms with Gasteiger partial charge >= 0.3 is 0 Å². The fraction of sp³-hybridized carbons (Fsp3) is 0.400. The number of thiazole rings is 1. The first-order valence-electron chi connectivity index (χ1n) is 4.94. The van der Waals surface area contributed by atoms with Crippen LogP contribution in [-0.2, 0) is 13.0 Å². The third-order valence-corrected chi connectivity index (χ3v) is 2.90. The van der Waals surface area contributed by atoms with Crippen LogP contribution < -0.4 is 5.73 Å². The number of hydrogen-bond acceptors (Lipinski definition) is 4. The van der Waals surface area contributed by atoms with Gasteiger partial charge in [-0.25, -0.2) is 4.98 Å². The zero-order valence-electron chi connectivity index (χ0n) is 8.63. The molecule has 2 rings (SSSR count). The molecule has 2 aromatic heterocycles. The quantitative estimate of drug-likeness (QED) is 0.855. The van der Waals surface area contributed by atoms with Crippen molar-refractivity contribution < 1.29 is 0 Å². The smallest absolute Gasteiger partial charge is 0.0795 e. The van der Waals surface area contributed by atoms with Crippen LogP contribution in [0.3, 0.4) is 0 Å². The van der Waals surface area contributed by atoms with Crippen molar-refractivity contribution in [3.8, 4) is 0 Å². The van der Waals surface area contributed by atoms with Crippen molar-refractivity contribution in [2.24, 2.45) is 5.73 Å². The van der Waals surface area contributed by atoms with E-state index in [-0.39, 0.29) is 6.04 Å². The highest BCUT2D eigenvalue weighted by Gasteiger charge is 2.09. The van der Waals surface area contributed by atoms with Crippen LogP contribution in [0, 0.1) is 0 Å². The maximum atomic E-state index is 6.03. The molecule has 0 aliphatic rings. The molecule has 0 amide bonds. The molecule has 2 N–H and O–H groups in total. The molecule has 0 aliphatic carbocycles. The van der Waals surface area contributed by atoms with Gasteiger partial charge in [-0.15, -0.1) is 11.3 Å². The highest BCUT2D eigenvalue weighted by Crippen LogP contribution is 2.15. The second kappa shape index (κ2) is 4.55. The highest BCUT2D eigenvalue weighted by molar-refractivity contribution is 7.07. The summed E-state index contributed by atoms with van der Waals surface area (Å²) in [4.78, 5) is 4.21. The molecule has 15 heavy (non-hydrogen) atoms. The second-order valence-corrected chi connectivity index (χ2v) is 4.15. The summed E-state index contributed by atoms with van der Waals surface area (Å²) in [5.74, 6) is 0. The van der Waals surface area contributed by atoms with Crippen LogP contribution in [-0.4, -0.2) is 14.8 Å². The summed E-state index contributed by atoms with van der Waals surface area (Å²) in [6.45, 7) is 2.96. The predicted molar refractivity (Wildman–Crippen MR) is 60.6 cm³/mol. The Hall–Kier alpha value is -1.20. The first-order chi connectivity index (χ1) is 7.29. The topological polar surface area (TPSA) is 56.7 Å². The van der Waals surface area contributed by atoms with E-state index in [9.17, 15) is 0 Å². The molecule has 0 saturated heterocycles. The maximum Gasteiger partial charge on any atom is 0.0795 e. The molecule has 0 bridgehead atoms. The van der Waals surface area contributed by atoms with Gasteiger partial charge in [0.25, 0.3) is 0 Å². The first-order valence-corrected chi connectivity index (χ1v) is 5.89. The van der Waals surface area contributed by atoms with Crippen LogP contribution in [0.4, 0.5) is 0 Å². The number of aryl methyl sites for hydroxylation is 1. The molecule has 1 atom stereocenters. The summed E-state index contributed by atoms with van der Waals surface area (Å²) in [6.07, 6.45) is 4.70. The normalized spacial score (nSPS) is 12.9. The van der Waals surface area contributed by atoms with Crippen LogP contribution in [0.5, 0.6) is 0 Å². The van der Waals surface area contributed by atoms with E-state index in [1.54, 1.807) is 11.3 Å². The van der Waals surface area contributed by atoms with E-state index in [1.807, 2.05) is 28.0 Å². The molecule has 80 valence electrons. The first kappa shape index (κ1) is 10.3. The molecule has 1 unspecified atom stereocenters. The highest BCUT2D eigenvalue weighted by atomic mass is 32.1. The van der Waals surface area contributed by atoms with Crippen LogP contribution in [0.1, 0.15) is 24.2 Å². The molecule has 0 spiro atoms. The molecule has 0 fully saturated rings. The molecular weight excluding hydrogens is 208 g/mol. The fourth-order valence-electron chi connectivity index (χ4n) is 1.45. The van der Waals surface area contributed by atoms with E-state index in [1.165, 1.54) is 0 Å². The van der Waals surface area contributed by atoms with E-state index in [4.69, 9.17) is 5.73 Å². The number of rotatable bonds is 4. The standard InChI is InChI=1S/C10H14N4S/c1-2-14-5-8(4-13-14)3-9(11)10-6-15-7-12-10/h4-7,9H,2-3,11H2,1H3. The molecule has 5 heteroatoms. The molecular formula is C10H14N4S. The average Bonchev–Trinajstić information content (AvgIpc) is 2.87. The minimum Gasteiger partial charge on any atom is -0.322 e. The number of aromatic nitrogens is 3. The Kier molecular flexibility index (Phi) is 3.13. The lowest BCUT2D eigenvalue weighted by atomic mass is 10.1.